The van der Waals surface area contributed by atoms with Gasteiger partial charge in [0.1, 0.15) is 5.75 Å². The number of hydrogen-bond donors (Lipinski definition) is 1. The Morgan fingerprint density at radius 1 is 1.47 bits per heavy atom. The molecule has 2 heteroatoms. The molecule has 1 unspecified atom stereocenters. The van der Waals surface area contributed by atoms with Gasteiger partial charge in [0.05, 0.1) is 12.7 Å². The molecule has 15 heavy (non-hydrogen) atoms. The number of aliphatic hydroxyl groups is 1. The summed E-state index contributed by atoms with van der Waals surface area (Å²) in [6, 6.07) is 6.02. The highest BCUT2D eigenvalue weighted by molar-refractivity contribution is 5.42. The Kier molecular flexibility index (Phi) is 2.70. The van der Waals surface area contributed by atoms with E-state index in [1.54, 1.807) is 7.11 Å². The zero-order chi connectivity index (χ0) is 10.9. The average molecular weight is 206 g/mol. The van der Waals surface area contributed by atoms with Gasteiger partial charge in [-0.1, -0.05) is 19.4 Å². The van der Waals surface area contributed by atoms with E-state index in [1.165, 1.54) is 5.56 Å². The quantitative estimate of drug-likeness (QED) is 0.823. The number of rotatable bonds is 3. The molecule has 0 aromatic heterocycles. The lowest BCUT2D eigenvalue weighted by molar-refractivity contribution is 0.0285. The molecule has 0 aliphatic heterocycles. The summed E-state index contributed by atoms with van der Waals surface area (Å²) in [6.45, 7) is 2.11. The molecule has 0 spiro atoms. The molecule has 2 nitrogen and oxygen atoms in total. The molecule has 0 radical (unpaired) electrons. The van der Waals surface area contributed by atoms with Crippen LogP contribution in [0.1, 0.15) is 37.3 Å². The topological polar surface area (TPSA) is 29.5 Å². The van der Waals surface area contributed by atoms with Crippen LogP contribution in [0.25, 0.3) is 0 Å². The summed E-state index contributed by atoms with van der Waals surface area (Å²) in [6.07, 6.45) is 3.68. The molecular formula is C13H18O2. The Bertz CT molecular complexity index is 356. The summed E-state index contributed by atoms with van der Waals surface area (Å²) in [5, 5.41) is 10.5. The Balaban J connectivity index is 2.39. The molecule has 0 saturated heterocycles. The van der Waals surface area contributed by atoms with Gasteiger partial charge in [0, 0.05) is 0 Å². The summed E-state index contributed by atoms with van der Waals surface area (Å²) in [5.74, 6) is 0.838. The van der Waals surface area contributed by atoms with Crippen molar-refractivity contribution in [3.63, 3.8) is 0 Å². The van der Waals surface area contributed by atoms with Crippen molar-refractivity contribution < 1.29 is 9.84 Å². The van der Waals surface area contributed by atoms with Crippen molar-refractivity contribution in [3.05, 3.63) is 29.3 Å². The second-order valence-electron chi connectivity index (χ2n) is 4.30. The van der Waals surface area contributed by atoms with Crippen molar-refractivity contribution >= 4 is 0 Å². The second-order valence-corrected chi connectivity index (χ2v) is 4.30. The first-order chi connectivity index (χ1) is 7.19. The molecule has 82 valence electrons. The number of aryl methyl sites for hydroxylation is 1. The summed E-state index contributed by atoms with van der Waals surface area (Å²) in [4.78, 5) is 0. The van der Waals surface area contributed by atoms with Crippen LogP contribution < -0.4 is 4.74 Å². The fourth-order valence-electron chi connectivity index (χ4n) is 2.48. The number of hydrogen-bond acceptors (Lipinski definition) is 2. The monoisotopic (exact) mass is 206 g/mol. The SMILES string of the molecule is CCCC1(O)CCc2ccc(OC)cc21. The summed E-state index contributed by atoms with van der Waals surface area (Å²) >= 11 is 0. The largest absolute Gasteiger partial charge is 0.497 e. The van der Waals surface area contributed by atoms with E-state index in [-0.39, 0.29) is 0 Å². The molecule has 2 rings (SSSR count). The molecule has 1 atom stereocenters. The van der Waals surface area contributed by atoms with E-state index in [2.05, 4.69) is 13.0 Å². The van der Waals surface area contributed by atoms with Crippen LogP contribution in [0.5, 0.6) is 5.75 Å². The normalized spacial score (nSPS) is 23.9. The second kappa shape index (κ2) is 3.86. The first-order valence-electron chi connectivity index (χ1n) is 5.59. The third kappa shape index (κ3) is 1.74. The van der Waals surface area contributed by atoms with Gasteiger partial charge in [-0.3, -0.25) is 0 Å². The van der Waals surface area contributed by atoms with Crippen LogP contribution in [0.4, 0.5) is 0 Å². The van der Waals surface area contributed by atoms with Crippen LogP contribution in [0.15, 0.2) is 18.2 Å². The van der Waals surface area contributed by atoms with Crippen molar-refractivity contribution in [2.45, 2.75) is 38.2 Å². The molecule has 1 aliphatic carbocycles. The fourth-order valence-corrected chi connectivity index (χ4v) is 2.48. The van der Waals surface area contributed by atoms with Crippen LogP contribution in [0, 0.1) is 0 Å². The minimum Gasteiger partial charge on any atom is -0.497 e. The predicted molar refractivity (Wildman–Crippen MR) is 60.1 cm³/mol. The third-order valence-electron chi connectivity index (χ3n) is 3.29. The standard InChI is InChI=1S/C13H18O2/c1-3-7-13(14)8-6-10-4-5-11(15-2)9-12(10)13/h4-5,9,14H,3,6-8H2,1-2H3. The minimum atomic E-state index is -0.612. The van der Waals surface area contributed by atoms with Gasteiger partial charge in [-0.15, -0.1) is 0 Å². The molecule has 1 aromatic rings. The zero-order valence-corrected chi connectivity index (χ0v) is 9.42. The van der Waals surface area contributed by atoms with Crippen LogP contribution in [-0.2, 0) is 12.0 Å². The van der Waals surface area contributed by atoms with E-state index in [1.807, 2.05) is 12.1 Å². The van der Waals surface area contributed by atoms with E-state index in [0.717, 1.165) is 37.0 Å². The zero-order valence-electron chi connectivity index (χ0n) is 9.42. The molecule has 1 aromatic carbocycles. The van der Waals surface area contributed by atoms with Gasteiger partial charge in [0.25, 0.3) is 0 Å². The molecule has 0 bridgehead atoms. The maximum atomic E-state index is 10.5. The van der Waals surface area contributed by atoms with Gasteiger partial charge in [0.2, 0.25) is 0 Å². The van der Waals surface area contributed by atoms with Gasteiger partial charge in [-0.25, -0.2) is 0 Å². The van der Waals surface area contributed by atoms with Crippen LogP contribution in [-0.4, -0.2) is 12.2 Å². The molecule has 1 N–H and O–H groups in total. The van der Waals surface area contributed by atoms with Gasteiger partial charge in [-0.05, 0) is 42.5 Å². The van der Waals surface area contributed by atoms with Gasteiger partial charge < -0.3 is 9.84 Å². The lowest BCUT2D eigenvalue weighted by atomic mass is 9.91. The van der Waals surface area contributed by atoms with Gasteiger partial charge in [0.15, 0.2) is 0 Å². The minimum absolute atomic E-state index is 0.612. The van der Waals surface area contributed by atoms with Gasteiger partial charge in [-0.2, -0.15) is 0 Å². The molecule has 0 saturated carbocycles. The molecule has 0 heterocycles. The first-order valence-corrected chi connectivity index (χ1v) is 5.59. The van der Waals surface area contributed by atoms with Gasteiger partial charge >= 0.3 is 0 Å². The van der Waals surface area contributed by atoms with Crippen LogP contribution >= 0.6 is 0 Å². The Labute approximate surface area is 90.9 Å². The smallest absolute Gasteiger partial charge is 0.119 e. The Hall–Kier alpha value is -1.02. The lowest BCUT2D eigenvalue weighted by Gasteiger charge is -2.23. The third-order valence-corrected chi connectivity index (χ3v) is 3.29. The number of ether oxygens (including phenoxy) is 1. The molecule has 1 aliphatic rings. The van der Waals surface area contributed by atoms with E-state index < -0.39 is 5.60 Å². The Morgan fingerprint density at radius 2 is 2.27 bits per heavy atom. The van der Waals surface area contributed by atoms with Crippen molar-refractivity contribution in [1.29, 1.82) is 0 Å². The molecule has 0 fully saturated rings. The maximum Gasteiger partial charge on any atom is 0.119 e. The van der Waals surface area contributed by atoms with Crippen molar-refractivity contribution in [2.24, 2.45) is 0 Å². The fraction of sp³-hybridized carbons (Fsp3) is 0.538. The van der Waals surface area contributed by atoms with E-state index in [9.17, 15) is 5.11 Å². The van der Waals surface area contributed by atoms with Crippen molar-refractivity contribution in [1.82, 2.24) is 0 Å². The highest BCUT2D eigenvalue weighted by atomic mass is 16.5. The van der Waals surface area contributed by atoms with Crippen LogP contribution in [0.3, 0.4) is 0 Å². The Morgan fingerprint density at radius 3 is 2.93 bits per heavy atom. The molecular weight excluding hydrogens is 188 g/mol. The average Bonchev–Trinajstić information content (AvgIpc) is 2.57. The number of fused-ring (bicyclic) bond motifs is 1. The van der Waals surface area contributed by atoms with E-state index >= 15 is 0 Å². The number of methoxy groups -OCH3 is 1. The highest BCUT2D eigenvalue weighted by Gasteiger charge is 2.35. The van der Waals surface area contributed by atoms with Crippen molar-refractivity contribution in [2.75, 3.05) is 7.11 Å². The van der Waals surface area contributed by atoms with E-state index in [4.69, 9.17) is 4.74 Å². The van der Waals surface area contributed by atoms with Crippen molar-refractivity contribution in [3.8, 4) is 5.75 Å². The predicted octanol–water partition coefficient (Wildman–Crippen LogP) is 2.63. The summed E-state index contributed by atoms with van der Waals surface area (Å²) < 4.78 is 5.20. The number of benzene rings is 1. The summed E-state index contributed by atoms with van der Waals surface area (Å²) in [7, 11) is 1.66. The summed E-state index contributed by atoms with van der Waals surface area (Å²) in [5.41, 5.74) is 1.73. The van der Waals surface area contributed by atoms with Crippen LogP contribution in [0.2, 0.25) is 0 Å². The molecule has 0 amide bonds. The van der Waals surface area contributed by atoms with E-state index in [0.29, 0.717) is 0 Å². The maximum absolute atomic E-state index is 10.5. The highest BCUT2D eigenvalue weighted by Crippen LogP contribution is 2.41. The lowest BCUT2D eigenvalue weighted by Crippen LogP contribution is -2.21. The first kappa shape index (κ1) is 10.5.